The average molecular weight is 441 g/mol. The van der Waals surface area contributed by atoms with E-state index in [1.807, 2.05) is 6.92 Å². The first-order valence-electron chi connectivity index (χ1n) is 11.2. The molecule has 0 spiro atoms. The molecular weight excluding hydrogens is 404 g/mol. The highest BCUT2D eigenvalue weighted by atomic mass is 16.6. The van der Waals surface area contributed by atoms with E-state index in [0.29, 0.717) is 12.0 Å². The highest BCUT2D eigenvalue weighted by Gasteiger charge is 2.59. The molecule has 0 aromatic rings. The average Bonchev–Trinajstić information content (AvgIpc) is 2.91. The number of hydrogen-bond donors (Lipinski definition) is 0. The SMILES string of the molecule is CCC/C=C1\CC(C(=O)OCC)(C(=O)OCC)CCCC1(C(=O)OCC)C(=O)OCC. The largest absolute Gasteiger partial charge is 0.465 e. The molecule has 0 aliphatic heterocycles. The first kappa shape index (κ1) is 26.7. The van der Waals surface area contributed by atoms with Crippen molar-refractivity contribution in [2.24, 2.45) is 10.8 Å². The summed E-state index contributed by atoms with van der Waals surface area (Å²) in [6.45, 7) is 8.93. The second kappa shape index (κ2) is 12.5. The van der Waals surface area contributed by atoms with Crippen LogP contribution in [0.15, 0.2) is 11.6 Å². The van der Waals surface area contributed by atoms with Crippen molar-refractivity contribution in [3.63, 3.8) is 0 Å². The van der Waals surface area contributed by atoms with Gasteiger partial charge in [0.25, 0.3) is 0 Å². The molecule has 1 saturated carbocycles. The van der Waals surface area contributed by atoms with Crippen LogP contribution in [-0.2, 0) is 38.1 Å². The van der Waals surface area contributed by atoms with Crippen LogP contribution in [0, 0.1) is 10.8 Å². The van der Waals surface area contributed by atoms with Crippen molar-refractivity contribution in [2.75, 3.05) is 26.4 Å². The van der Waals surface area contributed by atoms with Crippen LogP contribution in [0.4, 0.5) is 0 Å². The van der Waals surface area contributed by atoms with Gasteiger partial charge in [0.05, 0.1) is 26.4 Å². The van der Waals surface area contributed by atoms with E-state index in [1.54, 1.807) is 33.8 Å². The van der Waals surface area contributed by atoms with Gasteiger partial charge in [-0.15, -0.1) is 0 Å². The van der Waals surface area contributed by atoms with Crippen molar-refractivity contribution in [1.82, 2.24) is 0 Å². The summed E-state index contributed by atoms with van der Waals surface area (Å²) < 4.78 is 21.1. The molecule has 0 saturated heterocycles. The Labute approximate surface area is 184 Å². The molecule has 0 N–H and O–H groups in total. The summed E-state index contributed by atoms with van der Waals surface area (Å²) in [4.78, 5) is 52.4. The van der Waals surface area contributed by atoms with Crippen molar-refractivity contribution >= 4 is 23.9 Å². The van der Waals surface area contributed by atoms with Crippen molar-refractivity contribution in [2.45, 2.75) is 73.1 Å². The number of carbonyl (C=O) groups is 4. The maximum Gasteiger partial charge on any atom is 0.327 e. The zero-order valence-corrected chi connectivity index (χ0v) is 19.4. The van der Waals surface area contributed by atoms with E-state index in [-0.39, 0.29) is 52.1 Å². The number of esters is 4. The summed E-state index contributed by atoms with van der Waals surface area (Å²) in [5.74, 6) is -2.86. The fourth-order valence-electron chi connectivity index (χ4n) is 3.97. The number of carbonyl (C=O) groups excluding carboxylic acids is 4. The lowest BCUT2D eigenvalue weighted by molar-refractivity contribution is -0.174. The predicted molar refractivity (Wildman–Crippen MR) is 113 cm³/mol. The second-order valence-corrected chi connectivity index (χ2v) is 7.42. The molecule has 1 fully saturated rings. The van der Waals surface area contributed by atoms with E-state index in [1.165, 1.54) is 0 Å². The quantitative estimate of drug-likeness (QED) is 0.167. The molecule has 0 aromatic heterocycles. The maximum atomic E-state index is 13.2. The molecule has 0 unspecified atom stereocenters. The minimum Gasteiger partial charge on any atom is -0.465 e. The predicted octanol–water partition coefficient (Wildman–Crippen LogP) is 3.51. The van der Waals surface area contributed by atoms with Crippen LogP contribution in [0.25, 0.3) is 0 Å². The smallest absolute Gasteiger partial charge is 0.327 e. The highest BCUT2D eigenvalue weighted by molar-refractivity contribution is 6.05. The lowest BCUT2D eigenvalue weighted by atomic mass is 9.72. The fourth-order valence-corrected chi connectivity index (χ4v) is 3.97. The van der Waals surface area contributed by atoms with Gasteiger partial charge < -0.3 is 18.9 Å². The molecule has 8 heteroatoms. The fraction of sp³-hybridized carbons (Fsp3) is 0.739. The van der Waals surface area contributed by atoms with Gasteiger partial charge in [-0.05, 0) is 65.4 Å². The van der Waals surface area contributed by atoms with E-state index in [0.717, 1.165) is 6.42 Å². The molecule has 0 amide bonds. The monoisotopic (exact) mass is 440 g/mol. The van der Waals surface area contributed by atoms with Gasteiger partial charge in [0.15, 0.2) is 10.8 Å². The van der Waals surface area contributed by atoms with Gasteiger partial charge in [-0.25, -0.2) is 0 Å². The molecule has 1 aliphatic carbocycles. The Hall–Kier alpha value is -2.38. The Kier molecular flexibility index (Phi) is 10.7. The number of allylic oxidation sites excluding steroid dienone is 1. The van der Waals surface area contributed by atoms with Crippen LogP contribution >= 0.6 is 0 Å². The van der Waals surface area contributed by atoms with Crippen molar-refractivity contribution < 1.29 is 38.1 Å². The minimum absolute atomic E-state index is 0.0702. The number of rotatable bonds is 10. The molecule has 1 aliphatic rings. The normalized spacial score (nSPS) is 18.5. The molecule has 0 radical (unpaired) electrons. The summed E-state index contributed by atoms with van der Waals surface area (Å²) in [6, 6.07) is 0. The molecule has 0 atom stereocenters. The molecule has 8 nitrogen and oxygen atoms in total. The van der Waals surface area contributed by atoms with Gasteiger partial charge in [-0.1, -0.05) is 19.4 Å². The Bertz CT molecular complexity index is 643. The number of unbranched alkanes of at least 4 members (excludes halogenated alkanes) is 1. The highest BCUT2D eigenvalue weighted by Crippen LogP contribution is 2.49. The van der Waals surface area contributed by atoms with E-state index < -0.39 is 34.7 Å². The van der Waals surface area contributed by atoms with E-state index in [9.17, 15) is 19.2 Å². The van der Waals surface area contributed by atoms with Gasteiger partial charge in [-0.2, -0.15) is 0 Å². The number of hydrogen-bond acceptors (Lipinski definition) is 8. The summed E-state index contributed by atoms with van der Waals surface area (Å²) in [7, 11) is 0. The molecule has 176 valence electrons. The van der Waals surface area contributed by atoms with E-state index in [4.69, 9.17) is 18.9 Å². The summed E-state index contributed by atoms with van der Waals surface area (Å²) in [5, 5.41) is 0. The van der Waals surface area contributed by atoms with Crippen molar-refractivity contribution in [1.29, 1.82) is 0 Å². The summed E-state index contributed by atoms with van der Waals surface area (Å²) in [6.07, 6.45) is 3.29. The molecule has 31 heavy (non-hydrogen) atoms. The third-order valence-corrected chi connectivity index (χ3v) is 5.46. The lowest BCUT2D eigenvalue weighted by Crippen LogP contribution is -2.46. The third-order valence-electron chi connectivity index (χ3n) is 5.46. The topological polar surface area (TPSA) is 105 Å². The van der Waals surface area contributed by atoms with Crippen LogP contribution < -0.4 is 0 Å². The zero-order chi connectivity index (χ0) is 23.5. The second-order valence-electron chi connectivity index (χ2n) is 7.42. The van der Waals surface area contributed by atoms with Crippen LogP contribution in [0.5, 0.6) is 0 Å². The van der Waals surface area contributed by atoms with Crippen LogP contribution in [0.3, 0.4) is 0 Å². The molecule has 0 heterocycles. The third kappa shape index (κ3) is 5.66. The Morgan fingerprint density at radius 1 is 0.742 bits per heavy atom. The van der Waals surface area contributed by atoms with Crippen LogP contribution in [0.1, 0.15) is 73.1 Å². The first-order chi connectivity index (χ1) is 14.8. The van der Waals surface area contributed by atoms with Gasteiger partial charge in [-0.3, -0.25) is 19.2 Å². The molecule has 0 bridgehead atoms. The lowest BCUT2D eigenvalue weighted by Gasteiger charge is -2.33. The van der Waals surface area contributed by atoms with Gasteiger partial charge >= 0.3 is 23.9 Å². The summed E-state index contributed by atoms with van der Waals surface area (Å²) in [5.41, 5.74) is -2.99. The van der Waals surface area contributed by atoms with Gasteiger partial charge in [0.1, 0.15) is 0 Å². The number of ether oxygens (including phenoxy) is 4. The van der Waals surface area contributed by atoms with Gasteiger partial charge in [0, 0.05) is 0 Å². The summed E-state index contributed by atoms with van der Waals surface area (Å²) >= 11 is 0. The molecule has 0 aromatic carbocycles. The zero-order valence-electron chi connectivity index (χ0n) is 19.4. The van der Waals surface area contributed by atoms with Crippen molar-refractivity contribution in [3.05, 3.63) is 11.6 Å². The Morgan fingerprint density at radius 2 is 1.19 bits per heavy atom. The van der Waals surface area contributed by atoms with Crippen LogP contribution in [0.2, 0.25) is 0 Å². The standard InChI is InChI=1S/C23H36O8/c1-6-11-13-17-16-22(18(24)28-7-2,19(25)29-8-3)14-12-15-23(17,20(26)30-9-4)21(27)31-10-5/h13H,6-12,14-16H2,1-5H3/b17-13+. The first-order valence-corrected chi connectivity index (χ1v) is 11.2. The Balaban J connectivity index is 3.70. The van der Waals surface area contributed by atoms with E-state index in [2.05, 4.69) is 0 Å². The van der Waals surface area contributed by atoms with Crippen molar-refractivity contribution in [3.8, 4) is 0 Å². The maximum absolute atomic E-state index is 13.2. The van der Waals surface area contributed by atoms with Gasteiger partial charge in [0.2, 0.25) is 0 Å². The minimum atomic E-state index is -1.71. The molecular formula is C23H36O8. The van der Waals surface area contributed by atoms with E-state index >= 15 is 0 Å². The molecule has 1 rings (SSSR count). The van der Waals surface area contributed by atoms with Crippen LogP contribution in [-0.4, -0.2) is 50.3 Å². The Morgan fingerprint density at radius 3 is 1.61 bits per heavy atom.